The van der Waals surface area contributed by atoms with Crippen molar-refractivity contribution >= 4 is 11.0 Å². The number of imidazole rings is 1. The monoisotopic (exact) mass is 233 g/mol. The topological polar surface area (TPSA) is 41.6 Å². The lowest BCUT2D eigenvalue weighted by molar-refractivity contribution is 1.00. The van der Waals surface area contributed by atoms with Gasteiger partial charge in [0.05, 0.1) is 22.7 Å². The lowest BCUT2D eigenvalue weighted by atomic mass is 10.2. The molecule has 1 aromatic heterocycles. The van der Waals surface area contributed by atoms with E-state index in [1.807, 2.05) is 49.4 Å². The molecule has 0 saturated heterocycles. The molecule has 0 bridgehead atoms. The van der Waals surface area contributed by atoms with Crippen LogP contribution in [0.15, 0.2) is 48.5 Å². The zero-order chi connectivity index (χ0) is 12.5. The summed E-state index contributed by atoms with van der Waals surface area (Å²) in [5.41, 5.74) is 3.60. The van der Waals surface area contributed by atoms with Crippen molar-refractivity contribution in [3.05, 3.63) is 59.9 Å². The van der Waals surface area contributed by atoms with Crippen molar-refractivity contribution in [2.75, 3.05) is 0 Å². The summed E-state index contributed by atoms with van der Waals surface area (Å²) in [7, 11) is 0. The summed E-state index contributed by atoms with van der Waals surface area (Å²) in [6, 6.07) is 17.8. The van der Waals surface area contributed by atoms with Crippen LogP contribution in [-0.2, 0) is 0 Å². The van der Waals surface area contributed by atoms with Gasteiger partial charge in [-0.25, -0.2) is 4.98 Å². The second-order valence-corrected chi connectivity index (χ2v) is 4.15. The average molecular weight is 233 g/mol. The molecule has 3 rings (SSSR count). The molecule has 18 heavy (non-hydrogen) atoms. The summed E-state index contributed by atoms with van der Waals surface area (Å²) in [6.45, 7) is 1.97. The highest BCUT2D eigenvalue weighted by Crippen LogP contribution is 2.21. The van der Waals surface area contributed by atoms with Crippen molar-refractivity contribution in [3.63, 3.8) is 0 Å². The molecule has 0 aliphatic carbocycles. The minimum absolute atomic E-state index is 0.652. The van der Waals surface area contributed by atoms with Crippen LogP contribution in [0, 0.1) is 18.3 Å². The van der Waals surface area contributed by atoms with Gasteiger partial charge in [-0.05, 0) is 37.3 Å². The number of aryl methyl sites for hydroxylation is 1. The van der Waals surface area contributed by atoms with Crippen molar-refractivity contribution in [1.82, 2.24) is 9.55 Å². The molecule has 0 N–H and O–H groups in total. The third kappa shape index (κ3) is 1.56. The predicted molar refractivity (Wildman–Crippen MR) is 70.5 cm³/mol. The Labute approximate surface area is 105 Å². The predicted octanol–water partition coefficient (Wildman–Crippen LogP) is 3.21. The summed E-state index contributed by atoms with van der Waals surface area (Å²) < 4.78 is 2.07. The first-order valence-corrected chi connectivity index (χ1v) is 5.74. The number of fused-ring (bicyclic) bond motifs is 1. The first-order chi connectivity index (χ1) is 8.79. The quantitative estimate of drug-likeness (QED) is 0.647. The van der Waals surface area contributed by atoms with Crippen LogP contribution in [0.2, 0.25) is 0 Å². The third-order valence-corrected chi connectivity index (χ3v) is 2.97. The molecule has 3 heteroatoms. The number of para-hydroxylation sites is 1. The second kappa shape index (κ2) is 4.01. The Kier molecular flexibility index (Phi) is 2.35. The normalized spacial score (nSPS) is 10.4. The largest absolute Gasteiger partial charge is 0.296 e. The Balaban J connectivity index is 2.35. The van der Waals surface area contributed by atoms with Gasteiger partial charge in [0.25, 0.3) is 0 Å². The molecule has 1 heterocycles. The molecule has 0 unspecified atom stereocenters. The smallest absolute Gasteiger partial charge is 0.111 e. The molecule has 3 nitrogen and oxygen atoms in total. The van der Waals surface area contributed by atoms with Gasteiger partial charge in [0, 0.05) is 5.69 Å². The van der Waals surface area contributed by atoms with Crippen LogP contribution >= 0.6 is 0 Å². The summed E-state index contributed by atoms with van der Waals surface area (Å²) in [5, 5.41) is 8.99. The molecule has 0 radical (unpaired) electrons. The molecule has 0 aliphatic heterocycles. The number of hydrogen-bond donors (Lipinski definition) is 0. The highest BCUT2D eigenvalue weighted by Gasteiger charge is 2.09. The van der Waals surface area contributed by atoms with Crippen molar-refractivity contribution in [3.8, 4) is 11.8 Å². The van der Waals surface area contributed by atoms with Crippen molar-refractivity contribution < 1.29 is 0 Å². The van der Waals surface area contributed by atoms with E-state index in [1.165, 1.54) is 0 Å². The van der Waals surface area contributed by atoms with Crippen LogP contribution in [0.25, 0.3) is 16.7 Å². The van der Waals surface area contributed by atoms with Gasteiger partial charge in [0.15, 0.2) is 0 Å². The Bertz CT molecular complexity index is 748. The van der Waals surface area contributed by atoms with Gasteiger partial charge < -0.3 is 0 Å². The van der Waals surface area contributed by atoms with Crippen LogP contribution in [0.3, 0.4) is 0 Å². The number of hydrogen-bond acceptors (Lipinski definition) is 2. The minimum Gasteiger partial charge on any atom is -0.296 e. The van der Waals surface area contributed by atoms with Gasteiger partial charge in [-0.1, -0.05) is 18.2 Å². The SMILES string of the molecule is Cc1nc2ccc(C#N)cc2n1-c1ccccc1. The number of nitrogens with zero attached hydrogens (tertiary/aromatic N) is 3. The van der Waals surface area contributed by atoms with Crippen LogP contribution < -0.4 is 0 Å². The van der Waals surface area contributed by atoms with E-state index in [0.29, 0.717) is 5.56 Å². The summed E-state index contributed by atoms with van der Waals surface area (Å²) in [5.74, 6) is 0.922. The van der Waals surface area contributed by atoms with E-state index in [9.17, 15) is 0 Å². The molecular formula is C15H11N3. The van der Waals surface area contributed by atoms with Crippen molar-refractivity contribution in [2.24, 2.45) is 0 Å². The molecule has 0 amide bonds. The van der Waals surface area contributed by atoms with E-state index in [2.05, 4.69) is 15.6 Å². The fraction of sp³-hybridized carbons (Fsp3) is 0.0667. The molecule has 3 aromatic rings. The van der Waals surface area contributed by atoms with Crippen molar-refractivity contribution in [1.29, 1.82) is 5.26 Å². The van der Waals surface area contributed by atoms with Gasteiger partial charge in [-0.15, -0.1) is 0 Å². The van der Waals surface area contributed by atoms with Crippen LogP contribution in [-0.4, -0.2) is 9.55 Å². The maximum atomic E-state index is 8.99. The maximum absolute atomic E-state index is 8.99. The first kappa shape index (κ1) is 10.5. The van der Waals surface area contributed by atoms with E-state index >= 15 is 0 Å². The van der Waals surface area contributed by atoms with E-state index in [-0.39, 0.29) is 0 Å². The zero-order valence-corrected chi connectivity index (χ0v) is 9.96. The lowest BCUT2D eigenvalue weighted by Gasteiger charge is -2.06. The molecule has 86 valence electrons. The summed E-state index contributed by atoms with van der Waals surface area (Å²) in [4.78, 5) is 4.52. The Morgan fingerprint density at radius 3 is 2.61 bits per heavy atom. The molecule has 0 atom stereocenters. The van der Waals surface area contributed by atoms with Gasteiger partial charge in [0.2, 0.25) is 0 Å². The van der Waals surface area contributed by atoms with E-state index in [4.69, 9.17) is 5.26 Å². The standard InChI is InChI=1S/C15H11N3/c1-11-17-14-8-7-12(10-16)9-15(14)18(11)13-5-3-2-4-6-13/h2-9H,1H3. The number of nitriles is 1. The Hall–Kier alpha value is -2.60. The van der Waals surface area contributed by atoms with Gasteiger partial charge in [0.1, 0.15) is 5.82 Å². The number of rotatable bonds is 1. The van der Waals surface area contributed by atoms with E-state index < -0.39 is 0 Å². The average Bonchev–Trinajstić information content (AvgIpc) is 2.74. The highest BCUT2D eigenvalue weighted by molar-refractivity contribution is 5.79. The van der Waals surface area contributed by atoms with Gasteiger partial charge >= 0.3 is 0 Å². The van der Waals surface area contributed by atoms with Gasteiger partial charge in [-0.3, -0.25) is 4.57 Å². The number of aromatic nitrogens is 2. The second-order valence-electron chi connectivity index (χ2n) is 4.15. The van der Waals surface area contributed by atoms with Crippen LogP contribution in [0.5, 0.6) is 0 Å². The maximum Gasteiger partial charge on any atom is 0.111 e. The minimum atomic E-state index is 0.652. The van der Waals surface area contributed by atoms with Crippen molar-refractivity contribution in [2.45, 2.75) is 6.92 Å². The number of benzene rings is 2. The van der Waals surface area contributed by atoms with E-state index in [1.54, 1.807) is 6.07 Å². The molecule has 2 aromatic carbocycles. The Morgan fingerprint density at radius 1 is 1.11 bits per heavy atom. The summed E-state index contributed by atoms with van der Waals surface area (Å²) >= 11 is 0. The first-order valence-electron chi connectivity index (χ1n) is 5.74. The molecule has 0 spiro atoms. The highest BCUT2D eigenvalue weighted by atomic mass is 15.1. The molecular weight excluding hydrogens is 222 g/mol. The molecule has 0 saturated carbocycles. The fourth-order valence-electron chi connectivity index (χ4n) is 2.17. The van der Waals surface area contributed by atoms with Crippen LogP contribution in [0.1, 0.15) is 11.4 Å². The fourth-order valence-corrected chi connectivity index (χ4v) is 2.17. The third-order valence-electron chi connectivity index (χ3n) is 2.97. The van der Waals surface area contributed by atoms with Gasteiger partial charge in [-0.2, -0.15) is 5.26 Å². The molecule has 0 fully saturated rings. The summed E-state index contributed by atoms with van der Waals surface area (Å²) in [6.07, 6.45) is 0. The lowest BCUT2D eigenvalue weighted by Crippen LogP contribution is -1.96. The zero-order valence-electron chi connectivity index (χ0n) is 9.96. The molecule has 0 aliphatic rings. The Morgan fingerprint density at radius 2 is 1.89 bits per heavy atom. The van der Waals surface area contributed by atoms with Crippen LogP contribution in [0.4, 0.5) is 0 Å². The van der Waals surface area contributed by atoms with E-state index in [0.717, 1.165) is 22.5 Å².